The quantitative estimate of drug-likeness (QED) is 0.534. The maximum absolute atomic E-state index is 14.1. The summed E-state index contributed by atoms with van der Waals surface area (Å²) in [5.41, 5.74) is 15.8. The minimum atomic E-state index is -0.479. The first kappa shape index (κ1) is 21.8. The Kier molecular flexibility index (Phi) is 6.09. The van der Waals surface area contributed by atoms with Crippen LogP contribution in [0.2, 0.25) is 0 Å². The van der Waals surface area contributed by atoms with Crippen LogP contribution in [0.4, 0.5) is 4.39 Å². The molecule has 8 nitrogen and oxygen atoms in total. The molecule has 9 heteroatoms. The number of benzene rings is 1. The number of allylic oxidation sites excluding steroid dienone is 1. The molecule has 0 bridgehead atoms. The number of aryl methyl sites for hydroxylation is 1. The number of hydrogen-bond acceptors (Lipinski definition) is 8. The third-order valence-electron chi connectivity index (χ3n) is 5.92. The maximum Gasteiger partial charge on any atom is 0.213 e. The summed E-state index contributed by atoms with van der Waals surface area (Å²) >= 11 is 0. The van der Waals surface area contributed by atoms with Crippen molar-refractivity contribution in [1.29, 1.82) is 0 Å². The molecule has 0 saturated carbocycles. The van der Waals surface area contributed by atoms with E-state index in [0.717, 1.165) is 23.2 Å². The van der Waals surface area contributed by atoms with Gasteiger partial charge in [-0.25, -0.2) is 9.37 Å². The summed E-state index contributed by atoms with van der Waals surface area (Å²) in [5.74, 6) is 0.640. The summed E-state index contributed by atoms with van der Waals surface area (Å²) in [5, 5.41) is 12.6. The van der Waals surface area contributed by atoms with E-state index < -0.39 is 5.82 Å². The molecule has 1 saturated heterocycles. The van der Waals surface area contributed by atoms with E-state index in [1.54, 1.807) is 24.4 Å². The number of methoxy groups -OCH3 is 1. The highest BCUT2D eigenvalue weighted by molar-refractivity contribution is 5.70. The summed E-state index contributed by atoms with van der Waals surface area (Å²) in [6.07, 6.45) is 4.07. The molecule has 2 unspecified atom stereocenters. The highest BCUT2D eigenvalue weighted by Gasteiger charge is 2.37. The van der Waals surface area contributed by atoms with E-state index in [0.29, 0.717) is 36.1 Å². The van der Waals surface area contributed by atoms with Gasteiger partial charge in [0.1, 0.15) is 11.9 Å². The van der Waals surface area contributed by atoms with Crippen LogP contribution in [0.25, 0.3) is 5.70 Å². The standard InChI is InChI=1S/C23H28FN5O3/c1-13-6-21(27-9-14(13)12-30)32-16-7-15-10-28-23(26)20(29(15)11-16)8-19(25)17-4-3-5-18(24)22(17)31-2/h3-6,8-9,15-16,28,30H,7,10-12,25-26H2,1-2H3/b19-8-. The van der Waals surface area contributed by atoms with E-state index in [1.807, 2.05) is 13.0 Å². The third-order valence-corrected chi connectivity index (χ3v) is 5.92. The van der Waals surface area contributed by atoms with Crippen LogP contribution in [0.15, 0.2) is 48.1 Å². The molecule has 2 aliphatic rings. The van der Waals surface area contributed by atoms with Crippen molar-refractivity contribution in [3.05, 3.63) is 70.6 Å². The summed E-state index contributed by atoms with van der Waals surface area (Å²) in [6.45, 7) is 3.15. The van der Waals surface area contributed by atoms with Gasteiger partial charge in [0.15, 0.2) is 11.6 Å². The number of fused-ring (bicyclic) bond motifs is 1. The van der Waals surface area contributed by atoms with Crippen LogP contribution in [-0.4, -0.2) is 47.3 Å². The van der Waals surface area contributed by atoms with Gasteiger partial charge >= 0.3 is 0 Å². The predicted molar refractivity (Wildman–Crippen MR) is 119 cm³/mol. The van der Waals surface area contributed by atoms with E-state index in [-0.39, 0.29) is 24.5 Å². The zero-order chi connectivity index (χ0) is 22.8. The lowest BCUT2D eigenvalue weighted by molar-refractivity contribution is 0.201. The number of hydrogen-bond donors (Lipinski definition) is 4. The molecule has 0 amide bonds. The average molecular weight is 442 g/mol. The average Bonchev–Trinajstić information content (AvgIpc) is 3.18. The highest BCUT2D eigenvalue weighted by Crippen LogP contribution is 2.32. The molecule has 2 aromatic rings. The topological polar surface area (TPSA) is 119 Å². The van der Waals surface area contributed by atoms with Crippen molar-refractivity contribution < 1.29 is 19.0 Å². The number of para-hydroxylation sites is 1. The number of aromatic nitrogens is 1. The zero-order valence-corrected chi connectivity index (χ0v) is 18.1. The van der Waals surface area contributed by atoms with Crippen molar-refractivity contribution in [2.24, 2.45) is 11.5 Å². The number of rotatable bonds is 6. The maximum atomic E-state index is 14.1. The summed E-state index contributed by atoms with van der Waals surface area (Å²) in [6, 6.07) is 6.62. The molecule has 170 valence electrons. The van der Waals surface area contributed by atoms with Crippen LogP contribution >= 0.6 is 0 Å². The largest absolute Gasteiger partial charge is 0.493 e. The Labute approximate surface area is 186 Å². The van der Waals surface area contributed by atoms with Gasteiger partial charge in [0.05, 0.1) is 32.0 Å². The van der Waals surface area contributed by atoms with Crippen LogP contribution in [0.3, 0.4) is 0 Å². The fourth-order valence-corrected chi connectivity index (χ4v) is 4.21. The third kappa shape index (κ3) is 4.16. The summed E-state index contributed by atoms with van der Waals surface area (Å²) in [4.78, 5) is 6.46. The Bertz CT molecular complexity index is 1070. The molecule has 0 spiro atoms. The molecule has 0 radical (unpaired) electrons. The van der Waals surface area contributed by atoms with Crippen LogP contribution in [0.1, 0.15) is 23.1 Å². The second kappa shape index (κ2) is 8.96. The summed E-state index contributed by atoms with van der Waals surface area (Å²) in [7, 11) is 1.41. The Balaban J connectivity index is 1.55. The predicted octanol–water partition coefficient (Wildman–Crippen LogP) is 1.58. The number of nitrogens with two attached hydrogens (primary N) is 2. The number of nitrogens with one attached hydrogen (secondary N) is 1. The molecule has 2 atom stereocenters. The number of aliphatic hydroxyl groups is 1. The van der Waals surface area contributed by atoms with Gasteiger partial charge in [-0.1, -0.05) is 6.07 Å². The van der Waals surface area contributed by atoms with Crippen molar-refractivity contribution in [2.45, 2.75) is 32.1 Å². The second-order valence-corrected chi connectivity index (χ2v) is 7.99. The molecule has 32 heavy (non-hydrogen) atoms. The van der Waals surface area contributed by atoms with Crippen LogP contribution < -0.4 is 26.3 Å². The van der Waals surface area contributed by atoms with Gasteiger partial charge in [-0.05, 0) is 36.3 Å². The lowest BCUT2D eigenvalue weighted by atomic mass is 10.1. The first-order valence-electron chi connectivity index (χ1n) is 10.4. The van der Waals surface area contributed by atoms with Crippen molar-refractivity contribution >= 4 is 5.70 Å². The molecule has 6 N–H and O–H groups in total. The number of pyridine rings is 1. The lowest BCUT2D eigenvalue weighted by Gasteiger charge is -2.34. The molecule has 1 fully saturated rings. The number of nitrogens with zero attached hydrogens (tertiary/aromatic N) is 2. The molecular formula is C23H28FN5O3. The van der Waals surface area contributed by atoms with E-state index in [4.69, 9.17) is 20.9 Å². The van der Waals surface area contributed by atoms with Crippen LogP contribution in [0, 0.1) is 12.7 Å². The van der Waals surface area contributed by atoms with E-state index >= 15 is 0 Å². The van der Waals surface area contributed by atoms with E-state index in [2.05, 4.69) is 15.2 Å². The van der Waals surface area contributed by atoms with Gasteiger partial charge < -0.3 is 36.3 Å². The number of ether oxygens (including phenoxy) is 2. The highest BCUT2D eigenvalue weighted by atomic mass is 19.1. The van der Waals surface area contributed by atoms with Gasteiger partial charge in [0, 0.05) is 36.5 Å². The molecule has 0 aliphatic carbocycles. The first-order chi connectivity index (χ1) is 15.4. The Morgan fingerprint density at radius 1 is 1.44 bits per heavy atom. The monoisotopic (exact) mass is 441 g/mol. The molecule has 1 aromatic heterocycles. The molecular weight excluding hydrogens is 413 g/mol. The van der Waals surface area contributed by atoms with Crippen molar-refractivity contribution in [3.8, 4) is 11.6 Å². The zero-order valence-electron chi connectivity index (χ0n) is 18.1. The van der Waals surface area contributed by atoms with Crippen molar-refractivity contribution in [1.82, 2.24) is 15.2 Å². The Morgan fingerprint density at radius 3 is 2.97 bits per heavy atom. The fourth-order valence-electron chi connectivity index (χ4n) is 4.21. The van der Waals surface area contributed by atoms with E-state index in [9.17, 15) is 9.50 Å². The van der Waals surface area contributed by atoms with Gasteiger partial charge in [0.2, 0.25) is 5.88 Å². The Hall–Kier alpha value is -3.46. The van der Waals surface area contributed by atoms with Gasteiger partial charge in [0.25, 0.3) is 0 Å². The van der Waals surface area contributed by atoms with Crippen LogP contribution in [0.5, 0.6) is 11.6 Å². The normalized spacial score (nSPS) is 20.8. The summed E-state index contributed by atoms with van der Waals surface area (Å²) < 4.78 is 25.4. The second-order valence-electron chi connectivity index (χ2n) is 7.99. The lowest BCUT2D eigenvalue weighted by Crippen LogP contribution is -2.45. The van der Waals surface area contributed by atoms with Crippen molar-refractivity contribution in [2.75, 3.05) is 20.2 Å². The van der Waals surface area contributed by atoms with E-state index in [1.165, 1.54) is 13.2 Å². The molecule has 3 heterocycles. The van der Waals surface area contributed by atoms with Gasteiger partial charge in [-0.3, -0.25) is 0 Å². The fraction of sp³-hybridized carbons (Fsp3) is 0.348. The SMILES string of the molecule is COc1c(F)cccc1/C(N)=C/C1=C(N)NCC2CC(Oc3cc(C)c(CO)cn3)CN12. The number of halogens is 1. The van der Waals surface area contributed by atoms with Gasteiger partial charge in [-0.2, -0.15) is 0 Å². The molecule has 1 aromatic carbocycles. The number of aliphatic hydroxyl groups excluding tert-OH is 1. The first-order valence-corrected chi connectivity index (χ1v) is 10.4. The van der Waals surface area contributed by atoms with Crippen molar-refractivity contribution in [3.63, 3.8) is 0 Å². The molecule has 4 rings (SSSR count). The molecule has 2 aliphatic heterocycles. The Morgan fingerprint density at radius 2 is 2.25 bits per heavy atom. The minimum Gasteiger partial charge on any atom is -0.493 e. The van der Waals surface area contributed by atoms with Crippen LogP contribution in [-0.2, 0) is 6.61 Å². The minimum absolute atomic E-state index is 0.0542. The smallest absolute Gasteiger partial charge is 0.213 e. The van der Waals surface area contributed by atoms with Gasteiger partial charge in [-0.15, -0.1) is 0 Å².